The molecule has 1 amide bonds. The SMILES string of the molecule is O=C(Nc1cc(S(=O)(=O)O)cc2cc(SOOO)c(N=Nc3ccccc3S(=O)(=O)O)c(O)c12)c1ccccc1. The zero-order chi connectivity index (χ0) is 29.1. The number of nitrogens with zero attached hydrogens (tertiary/aromatic N) is 2. The first-order valence-corrected chi connectivity index (χ1v) is 14.3. The molecule has 0 aliphatic carbocycles. The van der Waals surface area contributed by atoms with E-state index < -0.39 is 47.4 Å². The second-order valence-corrected chi connectivity index (χ2v) is 11.4. The van der Waals surface area contributed by atoms with Crippen LogP contribution in [0.1, 0.15) is 10.4 Å². The Labute approximate surface area is 230 Å². The van der Waals surface area contributed by atoms with Gasteiger partial charge in [0.05, 0.1) is 27.5 Å². The maximum atomic E-state index is 12.9. The number of phenols is 1. The Morgan fingerprint density at radius 3 is 2.20 bits per heavy atom. The molecule has 17 heteroatoms. The molecule has 0 aliphatic heterocycles. The van der Waals surface area contributed by atoms with Crippen molar-refractivity contribution < 1.29 is 50.5 Å². The molecule has 0 spiro atoms. The van der Waals surface area contributed by atoms with Crippen LogP contribution in [0, 0.1) is 0 Å². The van der Waals surface area contributed by atoms with Crippen molar-refractivity contribution in [1.29, 1.82) is 0 Å². The second-order valence-electron chi connectivity index (χ2n) is 7.80. The molecular formula is C23H17N3O11S3. The summed E-state index contributed by atoms with van der Waals surface area (Å²) in [6.07, 6.45) is 0. The minimum atomic E-state index is -4.79. The number of hydrogen-bond donors (Lipinski definition) is 5. The summed E-state index contributed by atoms with van der Waals surface area (Å²) in [5.41, 5.74) is -0.759. The van der Waals surface area contributed by atoms with Gasteiger partial charge in [-0.2, -0.15) is 16.8 Å². The number of carbonyl (C=O) groups is 1. The molecule has 0 atom stereocenters. The van der Waals surface area contributed by atoms with Crippen LogP contribution in [-0.2, 0) is 29.6 Å². The average Bonchev–Trinajstić information content (AvgIpc) is 2.90. The van der Waals surface area contributed by atoms with Crippen LogP contribution in [0.25, 0.3) is 10.8 Å². The predicted molar refractivity (Wildman–Crippen MR) is 141 cm³/mol. The highest BCUT2D eigenvalue weighted by Crippen LogP contribution is 2.47. The lowest BCUT2D eigenvalue weighted by Gasteiger charge is -2.15. The Hall–Kier alpha value is -3.94. The molecule has 0 saturated carbocycles. The molecule has 0 aliphatic rings. The number of carbonyl (C=O) groups excluding carboxylic acids is 1. The van der Waals surface area contributed by atoms with Gasteiger partial charge in [0.2, 0.25) is 0 Å². The Morgan fingerprint density at radius 2 is 1.55 bits per heavy atom. The van der Waals surface area contributed by atoms with Gasteiger partial charge in [0.1, 0.15) is 16.3 Å². The number of rotatable bonds is 9. The van der Waals surface area contributed by atoms with Gasteiger partial charge in [-0.1, -0.05) is 35.4 Å². The van der Waals surface area contributed by atoms with Crippen LogP contribution >= 0.6 is 12.0 Å². The van der Waals surface area contributed by atoms with Gasteiger partial charge in [0.15, 0.2) is 5.75 Å². The minimum Gasteiger partial charge on any atom is -0.505 e. The highest BCUT2D eigenvalue weighted by atomic mass is 32.2. The fraction of sp³-hybridized carbons (Fsp3) is 0. The normalized spacial score (nSPS) is 12.2. The van der Waals surface area contributed by atoms with Crippen molar-refractivity contribution >= 4 is 66.0 Å². The molecule has 0 aromatic heterocycles. The standard InChI is InChI=1S/C23H17N3O11S3/c27-22-20-14(10-15(39(30,31)32)12-17(20)24-23(28)13-6-2-1-3-7-13)11-18(38-37-36-29)21(22)26-25-16-8-4-5-9-19(16)40(33,34)35/h1-12,27,29H,(H,24,28)(H,30,31,32)(H,33,34,35). The van der Waals surface area contributed by atoms with Gasteiger partial charge in [-0.05, 0) is 47.9 Å². The van der Waals surface area contributed by atoms with Gasteiger partial charge in [-0.15, -0.1) is 14.6 Å². The van der Waals surface area contributed by atoms with E-state index in [0.717, 1.165) is 18.2 Å². The third-order valence-corrected chi connectivity index (χ3v) is 7.61. The summed E-state index contributed by atoms with van der Waals surface area (Å²) in [4.78, 5) is 11.5. The number of nitrogens with one attached hydrogen (secondary N) is 1. The number of benzene rings is 4. The van der Waals surface area contributed by atoms with E-state index in [-0.39, 0.29) is 32.6 Å². The number of hydrogen-bond acceptors (Lipinski definition) is 12. The van der Waals surface area contributed by atoms with E-state index in [4.69, 9.17) is 5.26 Å². The van der Waals surface area contributed by atoms with Gasteiger partial charge in [0.25, 0.3) is 26.1 Å². The van der Waals surface area contributed by atoms with Crippen molar-refractivity contribution in [1.82, 2.24) is 0 Å². The van der Waals surface area contributed by atoms with Gasteiger partial charge in [-0.3, -0.25) is 13.9 Å². The van der Waals surface area contributed by atoms with Crippen LogP contribution in [0.5, 0.6) is 5.75 Å². The van der Waals surface area contributed by atoms with Crippen LogP contribution in [0.4, 0.5) is 17.1 Å². The van der Waals surface area contributed by atoms with Crippen molar-refractivity contribution in [3.8, 4) is 5.75 Å². The Morgan fingerprint density at radius 1 is 0.875 bits per heavy atom. The third kappa shape index (κ3) is 6.43. The van der Waals surface area contributed by atoms with E-state index in [9.17, 15) is 35.8 Å². The summed E-state index contributed by atoms with van der Waals surface area (Å²) in [7, 11) is -9.49. The number of anilines is 1. The van der Waals surface area contributed by atoms with E-state index in [0.29, 0.717) is 12.0 Å². The van der Waals surface area contributed by atoms with Gasteiger partial charge < -0.3 is 10.4 Å². The first kappa shape index (κ1) is 29.1. The number of azo groups is 1. The zero-order valence-corrected chi connectivity index (χ0v) is 22.1. The average molecular weight is 608 g/mol. The van der Waals surface area contributed by atoms with E-state index in [1.165, 1.54) is 36.4 Å². The summed E-state index contributed by atoms with van der Waals surface area (Å²) in [6, 6.07) is 15.9. The summed E-state index contributed by atoms with van der Waals surface area (Å²) in [6.45, 7) is 0. The van der Waals surface area contributed by atoms with Crippen LogP contribution < -0.4 is 5.32 Å². The number of fused-ring (bicyclic) bond motifs is 1. The highest BCUT2D eigenvalue weighted by molar-refractivity contribution is 7.94. The molecule has 40 heavy (non-hydrogen) atoms. The molecule has 208 valence electrons. The molecule has 0 unspecified atom stereocenters. The van der Waals surface area contributed by atoms with Crippen molar-refractivity contribution in [2.75, 3.05) is 5.32 Å². The topological polar surface area (TPSA) is 221 Å². The van der Waals surface area contributed by atoms with Crippen LogP contribution in [-0.4, -0.2) is 42.2 Å². The van der Waals surface area contributed by atoms with E-state index in [1.54, 1.807) is 18.2 Å². The first-order chi connectivity index (χ1) is 18.9. The Kier molecular flexibility index (Phi) is 8.47. The van der Waals surface area contributed by atoms with Crippen molar-refractivity contribution in [3.05, 3.63) is 78.4 Å². The number of amides is 1. The second kappa shape index (κ2) is 11.7. The van der Waals surface area contributed by atoms with Crippen molar-refractivity contribution in [2.45, 2.75) is 14.7 Å². The highest BCUT2D eigenvalue weighted by Gasteiger charge is 2.23. The smallest absolute Gasteiger partial charge is 0.296 e. The first-order valence-electron chi connectivity index (χ1n) is 10.7. The van der Waals surface area contributed by atoms with Gasteiger partial charge >= 0.3 is 0 Å². The zero-order valence-electron chi connectivity index (χ0n) is 19.7. The molecule has 14 nitrogen and oxygen atoms in total. The van der Waals surface area contributed by atoms with Crippen LogP contribution in [0.2, 0.25) is 0 Å². The van der Waals surface area contributed by atoms with Crippen LogP contribution in [0.3, 0.4) is 0 Å². The van der Waals surface area contributed by atoms with Crippen molar-refractivity contribution in [3.63, 3.8) is 0 Å². The maximum Gasteiger partial charge on any atom is 0.296 e. The number of aromatic hydroxyl groups is 1. The number of phenolic OH excluding ortho intramolecular Hbond substituents is 1. The fourth-order valence-electron chi connectivity index (χ4n) is 3.57. The molecule has 0 saturated heterocycles. The molecule has 5 N–H and O–H groups in total. The van der Waals surface area contributed by atoms with E-state index >= 15 is 0 Å². The molecule has 0 radical (unpaired) electrons. The summed E-state index contributed by atoms with van der Waals surface area (Å²) < 4.78 is 70.9. The summed E-state index contributed by atoms with van der Waals surface area (Å²) in [5.74, 6) is -1.38. The molecule has 0 fully saturated rings. The fourth-order valence-corrected chi connectivity index (χ4v) is 5.23. The lowest BCUT2D eigenvalue weighted by Crippen LogP contribution is -2.13. The predicted octanol–water partition coefficient (Wildman–Crippen LogP) is 5.13. The van der Waals surface area contributed by atoms with E-state index in [2.05, 4.69) is 24.9 Å². The molecule has 4 aromatic rings. The monoisotopic (exact) mass is 607 g/mol. The summed E-state index contributed by atoms with van der Waals surface area (Å²) >= 11 is 0.298. The molecular weight excluding hydrogens is 590 g/mol. The summed E-state index contributed by atoms with van der Waals surface area (Å²) in [5, 5.41) is 33.4. The van der Waals surface area contributed by atoms with E-state index in [1.807, 2.05) is 0 Å². The van der Waals surface area contributed by atoms with Crippen LogP contribution in [0.15, 0.2) is 97.7 Å². The molecule has 0 heterocycles. The van der Waals surface area contributed by atoms with Gasteiger partial charge in [-0.25, -0.2) is 5.26 Å². The Bertz CT molecular complexity index is 1850. The van der Waals surface area contributed by atoms with Gasteiger partial charge in [0, 0.05) is 10.9 Å². The molecule has 4 aromatic carbocycles. The maximum absolute atomic E-state index is 12.9. The molecule has 4 rings (SSSR count). The molecule has 0 bridgehead atoms. The van der Waals surface area contributed by atoms with Crippen molar-refractivity contribution in [2.24, 2.45) is 10.2 Å². The Balaban J connectivity index is 1.96. The third-order valence-electron chi connectivity index (χ3n) is 5.26. The lowest BCUT2D eigenvalue weighted by atomic mass is 10.1. The quantitative estimate of drug-likeness (QED) is 0.0549. The largest absolute Gasteiger partial charge is 0.505 e. The lowest BCUT2D eigenvalue weighted by molar-refractivity contribution is -0.432. The minimum absolute atomic E-state index is 0.0442.